The molecule has 18 heteroatoms. The van der Waals surface area contributed by atoms with Gasteiger partial charge in [0.05, 0.1) is 20.5 Å². The molecule has 12 nitrogen and oxygen atoms in total. The van der Waals surface area contributed by atoms with Gasteiger partial charge in [0.25, 0.3) is 0 Å². The summed E-state index contributed by atoms with van der Waals surface area (Å²) >= 11 is 17.8. The van der Waals surface area contributed by atoms with Gasteiger partial charge in [-0.05, 0) is 78.2 Å². The van der Waals surface area contributed by atoms with Crippen molar-refractivity contribution in [2.24, 2.45) is 0 Å². The maximum absolute atomic E-state index is 13.7. The van der Waals surface area contributed by atoms with Gasteiger partial charge in [-0.15, -0.1) is 0 Å². The van der Waals surface area contributed by atoms with Gasteiger partial charge in [0, 0.05) is 10.8 Å². The monoisotopic (exact) mass is 796 g/mol. The molecule has 0 aliphatic rings. The normalized spacial score (nSPS) is 12.2. The highest BCUT2D eigenvalue weighted by Gasteiger charge is 2.28. The molecule has 6 aromatic carbocycles. The Morgan fingerprint density at radius 1 is 0.460 bits per heavy atom. The molecule has 0 spiro atoms. The molecule has 6 aromatic rings. The van der Waals surface area contributed by atoms with E-state index in [1.165, 1.54) is 42.5 Å². The second-order valence-corrected chi connectivity index (χ2v) is 16.2. The molecule has 0 saturated heterocycles. The second kappa shape index (κ2) is 12.9. The van der Waals surface area contributed by atoms with Crippen LogP contribution in [0.15, 0.2) is 112 Å². The summed E-state index contributed by atoms with van der Waals surface area (Å²) in [5.41, 5.74) is 0. The Balaban J connectivity index is 1.58. The highest BCUT2D eigenvalue weighted by Crippen LogP contribution is 2.45. The average Bonchev–Trinajstić information content (AvgIpc) is 3.04. The fraction of sp³-hybridized carbons (Fsp3) is 0. The minimum absolute atomic E-state index is 0.00714. The van der Waals surface area contributed by atoms with Gasteiger partial charge in [-0.25, -0.2) is 0 Å². The molecule has 0 unspecified atom stereocenters. The van der Waals surface area contributed by atoms with E-state index in [9.17, 15) is 40.6 Å². The van der Waals surface area contributed by atoms with Crippen LogP contribution in [0.25, 0.3) is 21.5 Å². The van der Waals surface area contributed by atoms with Crippen molar-refractivity contribution < 1.29 is 53.1 Å². The fourth-order valence-corrected chi connectivity index (χ4v) is 8.41. The summed E-state index contributed by atoms with van der Waals surface area (Å²) < 4.78 is 97.3. The first kappa shape index (κ1) is 35.2. The van der Waals surface area contributed by atoms with Gasteiger partial charge in [-0.1, -0.05) is 59.1 Å². The molecule has 0 amide bonds. The maximum Gasteiger partial charge on any atom is 0.339 e. The number of aromatic hydroxyl groups is 3. The molecule has 0 atom stereocenters. The van der Waals surface area contributed by atoms with Crippen molar-refractivity contribution in [2.45, 2.75) is 14.7 Å². The molecule has 0 heterocycles. The molecule has 0 saturated carbocycles. The van der Waals surface area contributed by atoms with Gasteiger partial charge in [0.2, 0.25) is 0 Å². The minimum Gasteiger partial charge on any atom is -0.506 e. The van der Waals surface area contributed by atoms with Crippen molar-refractivity contribution >= 4 is 86.7 Å². The van der Waals surface area contributed by atoms with E-state index in [0.717, 1.165) is 54.6 Å². The average molecular weight is 798 g/mol. The lowest BCUT2D eigenvalue weighted by Crippen LogP contribution is -2.13. The largest absolute Gasteiger partial charge is 0.506 e. The summed E-state index contributed by atoms with van der Waals surface area (Å²) in [6.07, 6.45) is 0. The van der Waals surface area contributed by atoms with E-state index in [-0.39, 0.29) is 53.9 Å². The van der Waals surface area contributed by atoms with Crippen LogP contribution in [0.5, 0.6) is 34.5 Å². The van der Waals surface area contributed by atoms with Crippen molar-refractivity contribution in [1.82, 2.24) is 0 Å². The summed E-state index contributed by atoms with van der Waals surface area (Å²) in [7, 11) is -14.1. The van der Waals surface area contributed by atoms with Crippen LogP contribution in [-0.2, 0) is 30.4 Å². The SMILES string of the molecule is O=S(=O)(Oc1cccc2c(OS(=O)(=O)c3ccc(O)c(Cl)c3)c3c(OS(=O)(=O)c4ccc(O)c(Cl)c4)cccc3cc12)c1ccc(O)c(Cl)c1. The van der Waals surface area contributed by atoms with Gasteiger partial charge >= 0.3 is 30.4 Å². The van der Waals surface area contributed by atoms with Gasteiger partial charge in [-0.3, -0.25) is 0 Å². The summed E-state index contributed by atoms with van der Waals surface area (Å²) in [6.45, 7) is 0. The zero-order valence-corrected chi connectivity index (χ0v) is 29.3. The summed E-state index contributed by atoms with van der Waals surface area (Å²) in [6, 6.07) is 18.5. The van der Waals surface area contributed by atoms with Crippen molar-refractivity contribution in [3.8, 4) is 34.5 Å². The summed E-state index contributed by atoms with van der Waals surface area (Å²) in [5.74, 6) is -2.35. The number of fused-ring (bicyclic) bond motifs is 2. The highest BCUT2D eigenvalue weighted by atomic mass is 35.5. The molecule has 0 radical (unpaired) electrons. The Bertz CT molecular complexity index is 2700. The van der Waals surface area contributed by atoms with Gasteiger partial charge in [-0.2, -0.15) is 25.3 Å². The van der Waals surface area contributed by atoms with Crippen molar-refractivity contribution in [1.29, 1.82) is 0 Å². The second-order valence-electron chi connectivity index (χ2n) is 10.4. The number of rotatable bonds is 9. The van der Waals surface area contributed by atoms with E-state index in [0.29, 0.717) is 0 Å². The van der Waals surface area contributed by atoms with Crippen LogP contribution >= 0.6 is 34.8 Å². The van der Waals surface area contributed by atoms with E-state index in [4.69, 9.17) is 47.4 Å². The Hall–Kier alpha value is -4.64. The molecule has 0 aliphatic heterocycles. The van der Waals surface area contributed by atoms with Crippen LogP contribution in [0.1, 0.15) is 0 Å². The first-order valence-corrected chi connectivity index (χ1v) is 19.1. The molecular formula is C32H19Cl3O12S3. The lowest BCUT2D eigenvalue weighted by atomic mass is 10.0. The highest BCUT2D eigenvalue weighted by molar-refractivity contribution is 7.87. The predicted molar refractivity (Wildman–Crippen MR) is 184 cm³/mol. The molecular weight excluding hydrogens is 779 g/mol. The van der Waals surface area contributed by atoms with Crippen LogP contribution in [-0.4, -0.2) is 40.6 Å². The Labute approximate surface area is 299 Å². The van der Waals surface area contributed by atoms with Crippen molar-refractivity contribution in [2.75, 3.05) is 0 Å². The number of phenolic OH excluding ortho intramolecular Hbond substituents is 3. The minimum atomic E-state index is -4.80. The Kier molecular flexibility index (Phi) is 9.09. The molecule has 0 aromatic heterocycles. The predicted octanol–water partition coefficient (Wildman–Crippen LogP) is 7.37. The molecule has 0 bridgehead atoms. The van der Waals surface area contributed by atoms with E-state index in [2.05, 4.69) is 0 Å². The topological polar surface area (TPSA) is 191 Å². The molecule has 3 N–H and O–H groups in total. The Morgan fingerprint density at radius 2 is 0.880 bits per heavy atom. The number of benzene rings is 6. The van der Waals surface area contributed by atoms with Crippen molar-refractivity contribution in [3.05, 3.63) is 112 Å². The molecule has 50 heavy (non-hydrogen) atoms. The Morgan fingerprint density at radius 3 is 1.36 bits per heavy atom. The quantitative estimate of drug-likeness (QED) is 0.0974. The van der Waals surface area contributed by atoms with E-state index in [1.807, 2.05) is 0 Å². The lowest BCUT2D eigenvalue weighted by molar-refractivity contribution is 0.471. The third kappa shape index (κ3) is 6.75. The maximum atomic E-state index is 13.7. The number of halogens is 3. The molecule has 0 aliphatic carbocycles. The van der Waals surface area contributed by atoms with E-state index < -0.39 is 62.3 Å². The molecule has 6 rings (SSSR count). The zero-order chi connectivity index (χ0) is 36.2. The first-order chi connectivity index (χ1) is 23.5. The zero-order valence-electron chi connectivity index (χ0n) is 24.6. The lowest BCUT2D eigenvalue weighted by Gasteiger charge is -2.18. The smallest absolute Gasteiger partial charge is 0.339 e. The van der Waals surface area contributed by atoms with Crippen LogP contribution in [0, 0.1) is 0 Å². The number of hydrogen-bond donors (Lipinski definition) is 3. The van der Waals surface area contributed by atoms with E-state index in [1.54, 1.807) is 0 Å². The van der Waals surface area contributed by atoms with Crippen LogP contribution in [0.2, 0.25) is 15.1 Å². The third-order valence-corrected chi connectivity index (χ3v) is 11.7. The van der Waals surface area contributed by atoms with Gasteiger partial charge in [0.1, 0.15) is 31.9 Å². The number of phenols is 3. The summed E-state index contributed by atoms with van der Waals surface area (Å²) in [5, 5.41) is 28.4. The molecule has 258 valence electrons. The van der Waals surface area contributed by atoms with Crippen LogP contribution in [0.4, 0.5) is 0 Å². The fourth-order valence-electron chi connectivity index (χ4n) is 4.74. The first-order valence-electron chi connectivity index (χ1n) is 13.7. The summed E-state index contributed by atoms with van der Waals surface area (Å²) in [4.78, 5) is -1.34. The van der Waals surface area contributed by atoms with Crippen LogP contribution in [0.3, 0.4) is 0 Å². The van der Waals surface area contributed by atoms with Gasteiger partial charge < -0.3 is 27.9 Å². The van der Waals surface area contributed by atoms with Crippen molar-refractivity contribution in [3.63, 3.8) is 0 Å². The van der Waals surface area contributed by atoms with E-state index >= 15 is 0 Å². The van der Waals surface area contributed by atoms with Crippen LogP contribution < -0.4 is 12.5 Å². The standard InChI is InChI=1S/C32H19Cl3O12S3/c33-23-14-18(7-10-26(23)36)48(39,40)45-29-5-2-4-21-22(29)13-17-3-1-6-30(46-49(41,42)19-8-11-27(37)24(34)15-19)31(17)32(21)47-50(43,44)20-9-12-28(38)25(35)16-20/h1-16,36-38H. The third-order valence-electron chi connectivity index (χ3n) is 7.11. The number of hydrogen-bond acceptors (Lipinski definition) is 12. The molecule has 0 fully saturated rings. The van der Waals surface area contributed by atoms with Gasteiger partial charge in [0.15, 0.2) is 17.2 Å².